The molecule has 1 amide bonds. The molecule has 0 aromatic heterocycles. The van der Waals surface area contributed by atoms with Crippen molar-refractivity contribution in [3.8, 4) is 11.5 Å². The average Bonchev–Trinajstić information content (AvgIpc) is 3.40. The van der Waals surface area contributed by atoms with E-state index in [1.54, 1.807) is 12.1 Å². The first-order valence-electron chi connectivity index (χ1n) is 12.5. The third-order valence-corrected chi connectivity index (χ3v) is 7.15. The van der Waals surface area contributed by atoms with E-state index in [0.29, 0.717) is 29.2 Å². The summed E-state index contributed by atoms with van der Waals surface area (Å²) in [6, 6.07) is 9.95. The Kier molecular flexibility index (Phi) is 8.91. The van der Waals surface area contributed by atoms with E-state index in [4.69, 9.17) is 16.3 Å². The number of halogens is 7. The summed E-state index contributed by atoms with van der Waals surface area (Å²) < 4.78 is 89.3. The zero-order valence-electron chi connectivity index (χ0n) is 21.2. The number of hydrogen-bond donors (Lipinski definition) is 2. The van der Waals surface area contributed by atoms with Gasteiger partial charge in [0.15, 0.2) is 0 Å². The second-order valence-corrected chi connectivity index (χ2v) is 10.1. The molecule has 0 saturated heterocycles. The molecule has 13 heteroatoms. The van der Waals surface area contributed by atoms with Gasteiger partial charge in [-0.05, 0) is 60.0 Å². The number of carbonyl (C=O) groups excluding carboxylic acids is 1. The normalized spacial score (nSPS) is 15.9. The molecule has 0 heterocycles. The molecule has 0 bridgehead atoms. The monoisotopic (exact) mass is 603 g/mol. The molecule has 1 aliphatic rings. The number of hydrogen-bond acceptors (Lipinski definition) is 4. The molecule has 4 rings (SSSR count). The molecule has 0 spiro atoms. The van der Waals surface area contributed by atoms with Crippen molar-refractivity contribution in [2.45, 2.75) is 50.9 Å². The Morgan fingerprint density at radius 2 is 1.61 bits per heavy atom. The van der Waals surface area contributed by atoms with Gasteiger partial charge in [0.2, 0.25) is 0 Å². The van der Waals surface area contributed by atoms with Gasteiger partial charge in [0.25, 0.3) is 5.91 Å². The average molecular weight is 604 g/mol. The number of alkyl halides is 6. The Bertz CT molecular complexity index is 1400. The van der Waals surface area contributed by atoms with Crippen LogP contribution in [0.1, 0.15) is 41.6 Å². The number of carboxylic acid groups (broad SMARTS) is 1. The molecule has 1 saturated carbocycles. The Labute approximate surface area is 235 Å². The largest absolute Gasteiger partial charge is 0.573 e. The minimum atomic E-state index is -4.88. The summed E-state index contributed by atoms with van der Waals surface area (Å²) in [6.45, 7) is -0.256. The van der Waals surface area contributed by atoms with Gasteiger partial charge in [-0.3, -0.25) is 4.79 Å². The predicted molar refractivity (Wildman–Crippen MR) is 137 cm³/mol. The molecule has 2 atom stereocenters. The fraction of sp³-hybridized carbons (Fsp3) is 0.357. The number of nitrogens with one attached hydrogen (secondary N) is 1. The summed E-state index contributed by atoms with van der Waals surface area (Å²) in [7, 11) is 0. The van der Waals surface area contributed by atoms with Gasteiger partial charge in [-0.15, -0.1) is 13.2 Å². The van der Waals surface area contributed by atoms with Crippen LogP contribution in [0.2, 0.25) is 5.02 Å². The summed E-state index contributed by atoms with van der Waals surface area (Å²) in [4.78, 5) is 25.4. The van der Waals surface area contributed by atoms with Crippen LogP contribution in [0.15, 0.2) is 54.6 Å². The lowest BCUT2D eigenvalue weighted by Crippen LogP contribution is -2.53. The fourth-order valence-electron chi connectivity index (χ4n) is 5.11. The second-order valence-electron chi connectivity index (χ2n) is 9.69. The lowest BCUT2D eigenvalue weighted by Gasteiger charge is -2.31. The van der Waals surface area contributed by atoms with Crippen molar-refractivity contribution in [1.82, 2.24) is 5.32 Å². The lowest BCUT2D eigenvalue weighted by molar-refractivity contribution is -0.274. The predicted octanol–water partition coefficient (Wildman–Crippen LogP) is 7.52. The van der Waals surface area contributed by atoms with Gasteiger partial charge in [0.05, 0.1) is 11.5 Å². The van der Waals surface area contributed by atoms with Crippen LogP contribution >= 0.6 is 11.6 Å². The first-order chi connectivity index (χ1) is 19.2. The van der Waals surface area contributed by atoms with Gasteiger partial charge in [-0.25, -0.2) is 4.79 Å². The van der Waals surface area contributed by atoms with E-state index in [1.165, 1.54) is 30.3 Å². The van der Waals surface area contributed by atoms with E-state index in [0.717, 1.165) is 12.1 Å². The van der Waals surface area contributed by atoms with Crippen LogP contribution in [-0.2, 0) is 11.4 Å². The Morgan fingerprint density at radius 1 is 0.976 bits per heavy atom. The van der Waals surface area contributed by atoms with Crippen molar-refractivity contribution in [1.29, 1.82) is 0 Å². The number of rotatable bonds is 9. The van der Waals surface area contributed by atoms with E-state index < -0.39 is 48.0 Å². The van der Waals surface area contributed by atoms with Crippen LogP contribution in [0.25, 0.3) is 10.8 Å². The van der Waals surface area contributed by atoms with Gasteiger partial charge in [-0.2, -0.15) is 13.2 Å². The summed E-state index contributed by atoms with van der Waals surface area (Å²) in [6.07, 6.45) is -8.30. The number of fused-ring (bicyclic) bond motifs is 1. The Hall–Kier alpha value is -3.67. The fourth-order valence-corrected chi connectivity index (χ4v) is 5.28. The highest BCUT2D eigenvalue weighted by molar-refractivity contribution is 6.31. The molecule has 1 fully saturated rings. The molecule has 6 nitrogen and oxygen atoms in total. The SMILES string of the molecule is O=C(NC(C(=O)O)C(C1CCCC1)C(F)(F)F)c1ccc2ccc(Cl)cc2c1OCc1ccc(OC(F)(F)F)cc1. The number of aliphatic carboxylic acids is 1. The maximum absolute atomic E-state index is 14.1. The van der Waals surface area contributed by atoms with Crippen LogP contribution in [0, 0.1) is 11.8 Å². The van der Waals surface area contributed by atoms with E-state index in [9.17, 15) is 41.0 Å². The molecule has 41 heavy (non-hydrogen) atoms. The Morgan fingerprint density at radius 3 is 2.20 bits per heavy atom. The maximum Gasteiger partial charge on any atom is 0.573 e. The van der Waals surface area contributed by atoms with Crippen molar-refractivity contribution < 1.29 is 50.5 Å². The van der Waals surface area contributed by atoms with Crippen LogP contribution in [0.5, 0.6) is 11.5 Å². The second kappa shape index (κ2) is 12.1. The van der Waals surface area contributed by atoms with Crippen LogP contribution < -0.4 is 14.8 Å². The molecule has 3 aromatic carbocycles. The van der Waals surface area contributed by atoms with Gasteiger partial charge in [0.1, 0.15) is 24.1 Å². The van der Waals surface area contributed by atoms with E-state index in [2.05, 4.69) is 10.1 Å². The summed E-state index contributed by atoms with van der Waals surface area (Å²) >= 11 is 6.14. The standard InChI is InChI=1S/C28H24ClF6NO5/c29-18-9-7-16-8-12-20(25(37)36-23(26(38)39)22(27(30,31)32)17-3-1-2-4-17)24(21(16)13-18)40-14-15-5-10-19(11-6-15)41-28(33,34)35/h5-13,17,22-23H,1-4,14H2,(H,36,37)(H,38,39). The molecular formula is C28H24ClF6NO5. The molecule has 0 aliphatic heterocycles. The highest BCUT2D eigenvalue weighted by Gasteiger charge is 2.52. The topological polar surface area (TPSA) is 84.9 Å². The number of amides is 1. The third kappa shape index (κ3) is 7.55. The molecular weight excluding hydrogens is 580 g/mol. The molecule has 2 unspecified atom stereocenters. The third-order valence-electron chi connectivity index (χ3n) is 6.92. The van der Waals surface area contributed by atoms with Crippen LogP contribution in [0.3, 0.4) is 0 Å². The first kappa shape index (κ1) is 30.3. The van der Waals surface area contributed by atoms with Crippen molar-refractivity contribution in [3.63, 3.8) is 0 Å². The van der Waals surface area contributed by atoms with Gasteiger partial charge in [-0.1, -0.05) is 48.7 Å². The van der Waals surface area contributed by atoms with E-state index in [-0.39, 0.29) is 35.8 Å². The van der Waals surface area contributed by atoms with E-state index in [1.807, 2.05) is 0 Å². The number of ether oxygens (including phenoxy) is 2. The molecule has 3 aromatic rings. The maximum atomic E-state index is 14.1. The van der Waals surface area contributed by atoms with Crippen molar-refractivity contribution in [3.05, 3.63) is 70.7 Å². The zero-order valence-corrected chi connectivity index (χ0v) is 21.9. The summed E-state index contributed by atoms with van der Waals surface area (Å²) in [5.41, 5.74) is 0.141. The minimum Gasteiger partial charge on any atom is -0.487 e. The van der Waals surface area contributed by atoms with Gasteiger partial charge < -0.3 is 19.9 Å². The first-order valence-corrected chi connectivity index (χ1v) is 12.9. The number of carboxylic acids is 1. The van der Waals surface area contributed by atoms with Crippen LogP contribution in [-0.4, -0.2) is 35.6 Å². The molecule has 1 aliphatic carbocycles. The Balaban J connectivity index is 1.65. The van der Waals surface area contributed by atoms with Crippen molar-refractivity contribution in [2.75, 3.05) is 0 Å². The molecule has 2 N–H and O–H groups in total. The zero-order chi connectivity index (χ0) is 29.9. The van der Waals surface area contributed by atoms with E-state index >= 15 is 0 Å². The van der Waals surface area contributed by atoms with Crippen LogP contribution in [0.4, 0.5) is 26.3 Å². The smallest absolute Gasteiger partial charge is 0.487 e. The van der Waals surface area contributed by atoms with Crippen molar-refractivity contribution >= 4 is 34.2 Å². The number of carbonyl (C=O) groups is 2. The highest BCUT2D eigenvalue weighted by Crippen LogP contribution is 2.43. The minimum absolute atomic E-state index is 0.0910. The van der Waals surface area contributed by atoms with Gasteiger partial charge >= 0.3 is 18.5 Å². The molecule has 0 radical (unpaired) electrons. The number of benzene rings is 3. The molecule has 220 valence electrons. The highest BCUT2D eigenvalue weighted by atomic mass is 35.5. The lowest BCUT2D eigenvalue weighted by atomic mass is 9.83. The van der Waals surface area contributed by atoms with Crippen molar-refractivity contribution in [2.24, 2.45) is 11.8 Å². The van der Waals surface area contributed by atoms with Gasteiger partial charge in [0, 0.05) is 10.4 Å². The quantitative estimate of drug-likeness (QED) is 0.247. The summed E-state index contributed by atoms with van der Waals surface area (Å²) in [5, 5.41) is 12.9. The summed E-state index contributed by atoms with van der Waals surface area (Å²) in [5.74, 6) is -6.71.